The monoisotopic (exact) mass is 436 g/mol. The largest absolute Gasteiger partial charge is 0.445 e. The number of nitrogens with one attached hydrogen (secondary N) is 2. The van der Waals surface area contributed by atoms with Gasteiger partial charge in [0, 0.05) is 43.4 Å². The summed E-state index contributed by atoms with van der Waals surface area (Å²) in [5.41, 5.74) is 2.39. The van der Waals surface area contributed by atoms with Crippen molar-refractivity contribution in [1.29, 1.82) is 0 Å². The predicted molar refractivity (Wildman–Crippen MR) is 115 cm³/mol. The van der Waals surface area contributed by atoms with Gasteiger partial charge in [-0.05, 0) is 17.2 Å². The molecular weight excluding hydrogens is 412 g/mol. The van der Waals surface area contributed by atoms with Crippen LogP contribution >= 0.6 is 0 Å². The lowest BCUT2D eigenvalue weighted by atomic mass is 9.85. The number of benzene rings is 2. The number of alkyl carbamates (subject to hydrolysis) is 1. The standard InChI is InChI=1S/C24H24N2O6/c1-24(2)31-21(27)20(22(28)32-24)18(17-12-25-19-11-7-6-10-16(17)19)13-26-23(29)30-14-15-8-4-3-5-9-15/h3-12,18,20,25H,13-14H2,1-2H3,(H,26,29). The highest BCUT2D eigenvalue weighted by Crippen LogP contribution is 2.36. The quantitative estimate of drug-likeness (QED) is 0.451. The minimum atomic E-state index is -1.34. The van der Waals surface area contributed by atoms with E-state index >= 15 is 0 Å². The van der Waals surface area contributed by atoms with Crippen molar-refractivity contribution in [1.82, 2.24) is 10.3 Å². The summed E-state index contributed by atoms with van der Waals surface area (Å²) in [5.74, 6) is -4.66. The summed E-state index contributed by atoms with van der Waals surface area (Å²) in [4.78, 5) is 41.0. The molecule has 2 N–H and O–H groups in total. The van der Waals surface area contributed by atoms with Crippen molar-refractivity contribution in [2.75, 3.05) is 6.54 Å². The third kappa shape index (κ3) is 4.59. The van der Waals surface area contributed by atoms with Crippen LogP contribution in [0.1, 0.15) is 30.9 Å². The van der Waals surface area contributed by atoms with Crippen molar-refractivity contribution >= 4 is 28.9 Å². The van der Waals surface area contributed by atoms with Crippen molar-refractivity contribution in [2.24, 2.45) is 5.92 Å². The van der Waals surface area contributed by atoms with Crippen LogP contribution in [0.4, 0.5) is 4.79 Å². The highest BCUT2D eigenvalue weighted by molar-refractivity contribution is 5.99. The number of rotatable bonds is 6. The molecule has 1 fully saturated rings. The van der Waals surface area contributed by atoms with E-state index in [-0.39, 0.29) is 13.2 Å². The molecule has 3 aromatic rings. The van der Waals surface area contributed by atoms with Crippen molar-refractivity contribution < 1.29 is 28.6 Å². The molecule has 1 saturated heterocycles. The Morgan fingerprint density at radius 2 is 1.72 bits per heavy atom. The first kappa shape index (κ1) is 21.4. The van der Waals surface area contributed by atoms with Gasteiger partial charge in [0.25, 0.3) is 5.79 Å². The maximum atomic E-state index is 12.8. The fraction of sp³-hybridized carbons (Fsp3) is 0.292. The number of hydrogen-bond acceptors (Lipinski definition) is 6. The molecule has 0 bridgehead atoms. The molecule has 2 aromatic carbocycles. The van der Waals surface area contributed by atoms with E-state index in [1.54, 1.807) is 6.20 Å². The van der Waals surface area contributed by atoms with Gasteiger partial charge in [-0.1, -0.05) is 48.5 Å². The fourth-order valence-corrected chi connectivity index (χ4v) is 3.83. The first-order chi connectivity index (χ1) is 15.3. The zero-order chi connectivity index (χ0) is 22.7. The molecule has 1 aromatic heterocycles. The smallest absolute Gasteiger partial charge is 0.407 e. The SMILES string of the molecule is CC1(C)OC(=O)C(C(CNC(=O)OCc2ccccc2)c2c[nH]c3ccccc23)C(=O)O1. The van der Waals surface area contributed by atoms with E-state index in [0.29, 0.717) is 5.56 Å². The Balaban J connectivity index is 1.55. The van der Waals surface area contributed by atoms with E-state index in [2.05, 4.69) is 10.3 Å². The summed E-state index contributed by atoms with van der Waals surface area (Å²) in [5, 5.41) is 3.51. The highest BCUT2D eigenvalue weighted by atomic mass is 16.7. The summed E-state index contributed by atoms with van der Waals surface area (Å²) < 4.78 is 15.9. The number of carbonyl (C=O) groups is 3. The minimum Gasteiger partial charge on any atom is -0.445 e. The Kier molecular flexibility index (Phi) is 5.85. The van der Waals surface area contributed by atoms with E-state index in [1.807, 2.05) is 54.6 Å². The number of para-hydroxylation sites is 1. The lowest BCUT2D eigenvalue weighted by molar-refractivity contribution is -0.241. The zero-order valence-electron chi connectivity index (χ0n) is 17.8. The number of ether oxygens (including phenoxy) is 3. The molecule has 0 radical (unpaired) electrons. The van der Waals surface area contributed by atoms with Crippen LogP contribution in [0.5, 0.6) is 0 Å². The van der Waals surface area contributed by atoms with Crippen LogP contribution in [0.3, 0.4) is 0 Å². The molecule has 8 heteroatoms. The molecule has 1 atom stereocenters. The number of fused-ring (bicyclic) bond motifs is 1. The molecular formula is C24H24N2O6. The summed E-state index contributed by atoms with van der Waals surface area (Å²) in [7, 11) is 0. The van der Waals surface area contributed by atoms with Crippen molar-refractivity contribution in [2.45, 2.75) is 32.2 Å². The molecule has 4 rings (SSSR count). The van der Waals surface area contributed by atoms with Crippen LogP contribution in [0.25, 0.3) is 10.9 Å². The molecule has 1 amide bonds. The van der Waals surface area contributed by atoms with Crippen LogP contribution in [0.15, 0.2) is 60.8 Å². The Morgan fingerprint density at radius 3 is 2.44 bits per heavy atom. The average molecular weight is 436 g/mol. The van der Waals surface area contributed by atoms with E-state index in [4.69, 9.17) is 14.2 Å². The summed E-state index contributed by atoms with van der Waals surface area (Å²) in [6.45, 7) is 3.08. The summed E-state index contributed by atoms with van der Waals surface area (Å²) in [6.07, 6.45) is 1.07. The van der Waals surface area contributed by atoms with Gasteiger partial charge in [0.1, 0.15) is 6.61 Å². The van der Waals surface area contributed by atoms with Crippen LogP contribution in [0.2, 0.25) is 0 Å². The minimum absolute atomic E-state index is 0.0230. The Bertz CT molecular complexity index is 1120. The second-order valence-corrected chi connectivity index (χ2v) is 8.06. The first-order valence-electron chi connectivity index (χ1n) is 10.3. The number of amides is 1. The Labute approximate surface area is 184 Å². The normalized spacial score (nSPS) is 16.8. The van der Waals surface area contributed by atoms with E-state index in [0.717, 1.165) is 16.5 Å². The van der Waals surface area contributed by atoms with Crippen molar-refractivity contribution in [3.8, 4) is 0 Å². The van der Waals surface area contributed by atoms with Crippen LogP contribution in [0, 0.1) is 5.92 Å². The second-order valence-electron chi connectivity index (χ2n) is 8.06. The second kappa shape index (κ2) is 8.74. The first-order valence-corrected chi connectivity index (χ1v) is 10.3. The van der Waals surface area contributed by atoms with Crippen LogP contribution in [-0.4, -0.2) is 35.3 Å². The van der Waals surface area contributed by atoms with Crippen LogP contribution < -0.4 is 5.32 Å². The summed E-state index contributed by atoms with van der Waals surface area (Å²) >= 11 is 0. The zero-order valence-corrected chi connectivity index (χ0v) is 17.8. The Morgan fingerprint density at radius 1 is 1.06 bits per heavy atom. The molecule has 1 unspecified atom stereocenters. The summed E-state index contributed by atoms with van der Waals surface area (Å²) in [6, 6.07) is 16.8. The number of hydrogen-bond donors (Lipinski definition) is 2. The van der Waals surface area contributed by atoms with E-state index < -0.39 is 35.7 Å². The van der Waals surface area contributed by atoms with Gasteiger partial charge >= 0.3 is 18.0 Å². The van der Waals surface area contributed by atoms with Gasteiger partial charge in [0.05, 0.1) is 0 Å². The highest BCUT2D eigenvalue weighted by Gasteiger charge is 2.48. The molecule has 0 aliphatic carbocycles. The lowest BCUT2D eigenvalue weighted by Crippen LogP contribution is -2.49. The number of esters is 2. The molecule has 166 valence electrons. The molecule has 32 heavy (non-hydrogen) atoms. The molecule has 8 nitrogen and oxygen atoms in total. The fourth-order valence-electron chi connectivity index (χ4n) is 3.83. The molecule has 1 aliphatic heterocycles. The van der Waals surface area contributed by atoms with Crippen LogP contribution in [-0.2, 0) is 30.4 Å². The van der Waals surface area contributed by atoms with Gasteiger partial charge in [0.2, 0.25) is 0 Å². The molecule has 2 heterocycles. The molecule has 1 aliphatic rings. The number of aromatic amines is 1. The van der Waals surface area contributed by atoms with Gasteiger partial charge in [0.15, 0.2) is 5.92 Å². The number of carbonyl (C=O) groups excluding carboxylic acids is 3. The molecule has 0 spiro atoms. The number of aromatic nitrogens is 1. The van der Waals surface area contributed by atoms with Gasteiger partial charge in [-0.3, -0.25) is 9.59 Å². The third-order valence-corrected chi connectivity index (χ3v) is 5.30. The third-order valence-electron chi connectivity index (χ3n) is 5.30. The van der Waals surface area contributed by atoms with E-state index in [9.17, 15) is 14.4 Å². The van der Waals surface area contributed by atoms with Gasteiger partial charge in [-0.15, -0.1) is 0 Å². The molecule has 0 saturated carbocycles. The lowest BCUT2D eigenvalue weighted by Gasteiger charge is -2.35. The van der Waals surface area contributed by atoms with Gasteiger partial charge < -0.3 is 24.5 Å². The van der Waals surface area contributed by atoms with Crippen molar-refractivity contribution in [3.63, 3.8) is 0 Å². The topological polar surface area (TPSA) is 107 Å². The number of H-pyrrole nitrogens is 1. The Hall–Kier alpha value is -3.81. The van der Waals surface area contributed by atoms with Crippen molar-refractivity contribution in [3.05, 3.63) is 71.9 Å². The average Bonchev–Trinajstić information content (AvgIpc) is 3.18. The van der Waals surface area contributed by atoms with E-state index in [1.165, 1.54) is 13.8 Å². The van der Waals surface area contributed by atoms with Gasteiger partial charge in [-0.25, -0.2) is 4.79 Å². The van der Waals surface area contributed by atoms with Gasteiger partial charge in [-0.2, -0.15) is 0 Å². The predicted octanol–water partition coefficient (Wildman–Crippen LogP) is 3.63. The maximum absolute atomic E-state index is 12.8. The maximum Gasteiger partial charge on any atom is 0.407 e. The number of cyclic esters (lactones) is 2.